The van der Waals surface area contributed by atoms with Gasteiger partial charge in [0.25, 0.3) is 0 Å². The van der Waals surface area contributed by atoms with Gasteiger partial charge in [0.1, 0.15) is 5.75 Å². The molecule has 1 aromatic rings. The number of rotatable bonds is 6. The first-order valence-corrected chi connectivity index (χ1v) is 11.2. The van der Waals surface area contributed by atoms with Crippen molar-refractivity contribution in [3.8, 4) is 5.75 Å². The van der Waals surface area contributed by atoms with Gasteiger partial charge in [0.05, 0.1) is 18.1 Å². The van der Waals surface area contributed by atoms with Crippen molar-refractivity contribution in [2.45, 2.75) is 57.8 Å². The smallest absolute Gasteiger partial charge is 0.305 e. The van der Waals surface area contributed by atoms with Gasteiger partial charge in [-0.15, -0.1) is 0 Å². The molecule has 1 heterocycles. The highest BCUT2D eigenvalue weighted by atomic mass is 35.5. The van der Waals surface area contributed by atoms with Crippen LogP contribution in [0.1, 0.15) is 63.4 Å². The van der Waals surface area contributed by atoms with Crippen LogP contribution in [-0.4, -0.2) is 40.7 Å². The number of Topliss-reactive ketones (excluding diaryl/α,β-unsaturated/α-hetero) is 2. The van der Waals surface area contributed by atoms with E-state index in [1.165, 1.54) is 0 Å². The van der Waals surface area contributed by atoms with Crippen LogP contribution < -0.4 is 4.74 Å². The molecule has 164 valence electrons. The number of hydrogen-bond acceptors (Lipinski definition) is 5. The third-order valence-electron chi connectivity index (χ3n) is 6.22. The van der Waals surface area contributed by atoms with E-state index < -0.39 is 11.9 Å². The van der Waals surface area contributed by atoms with Crippen molar-refractivity contribution >= 4 is 29.1 Å². The number of carboxylic acids is 1. The molecule has 0 spiro atoms. The summed E-state index contributed by atoms with van der Waals surface area (Å²) in [7, 11) is 0. The summed E-state index contributed by atoms with van der Waals surface area (Å²) in [5, 5.41) is 9.70. The zero-order valence-corrected chi connectivity index (χ0v) is 18.3. The molecule has 0 saturated carbocycles. The topological polar surface area (TPSA) is 83.9 Å². The van der Waals surface area contributed by atoms with Gasteiger partial charge >= 0.3 is 5.97 Å². The summed E-state index contributed by atoms with van der Waals surface area (Å²) >= 11 is 6.46. The Morgan fingerprint density at radius 2 is 1.71 bits per heavy atom. The van der Waals surface area contributed by atoms with Crippen LogP contribution in [0.25, 0.3) is 0 Å². The van der Waals surface area contributed by atoms with Crippen LogP contribution in [-0.2, 0) is 14.4 Å². The molecule has 7 heteroatoms. The predicted octanol–water partition coefficient (Wildman–Crippen LogP) is 4.63. The summed E-state index contributed by atoms with van der Waals surface area (Å²) in [6.45, 7) is 2.64. The van der Waals surface area contributed by atoms with Gasteiger partial charge in [0, 0.05) is 47.8 Å². The van der Waals surface area contributed by atoms with E-state index in [0.717, 1.165) is 29.8 Å². The number of halogens is 1. The number of carbonyl (C=O) groups excluding carboxylic acids is 2. The Balaban J connectivity index is 1.88. The number of ketones is 2. The lowest BCUT2D eigenvalue weighted by atomic mass is 9.71. The first kappa shape index (κ1) is 21.6. The SMILES string of the molecule is CCOc1ccc(C2C3=C(CCCC3=O)N(CCC(=O)O)C3=C2C(=O)CCC3)cc1Cl. The number of allylic oxidation sites excluding steroid dienone is 4. The van der Waals surface area contributed by atoms with Gasteiger partial charge in [-0.1, -0.05) is 17.7 Å². The average Bonchev–Trinajstić information content (AvgIpc) is 2.73. The third-order valence-corrected chi connectivity index (χ3v) is 6.52. The van der Waals surface area contributed by atoms with Crippen LogP contribution in [0.4, 0.5) is 0 Å². The van der Waals surface area contributed by atoms with Crippen LogP contribution in [0, 0.1) is 0 Å². The second kappa shape index (κ2) is 8.87. The molecule has 0 amide bonds. The molecule has 31 heavy (non-hydrogen) atoms. The van der Waals surface area contributed by atoms with Gasteiger partial charge in [-0.25, -0.2) is 0 Å². The van der Waals surface area contributed by atoms with Crippen molar-refractivity contribution in [1.82, 2.24) is 4.90 Å². The summed E-state index contributed by atoms with van der Waals surface area (Å²) in [5.74, 6) is -0.725. The fourth-order valence-corrected chi connectivity index (χ4v) is 5.24. The van der Waals surface area contributed by atoms with Crippen LogP contribution in [0.3, 0.4) is 0 Å². The van der Waals surface area contributed by atoms with Gasteiger partial charge in [-0.3, -0.25) is 14.4 Å². The average molecular weight is 444 g/mol. The van der Waals surface area contributed by atoms with E-state index in [9.17, 15) is 19.5 Å². The molecule has 0 aromatic heterocycles. The fraction of sp³-hybridized carbons (Fsp3) is 0.458. The van der Waals surface area contributed by atoms with Gasteiger partial charge in [-0.2, -0.15) is 0 Å². The summed E-state index contributed by atoms with van der Waals surface area (Å²) in [4.78, 5) is 39.5. The van der Waals surface area contributed by atoms with Gasteiger partial charge in [0.15, 0.2) is 11.6 Å². The number of benzene rings is 1. The molecule has 4 rings (SSSR count). The summed E-state index contributed by atoms with van der Waals surface area (Å²) in [6.07, 6.45) is 3.69. The molecular formula is C24H26ClNO5. The molecule has 3 aliphatic rings. The normalized spacial score (nSPS) is 19.5. The maximum atomic E-state index is 13.1. The largest absolute Gasteiger partial charge is 0.492 e. The van der Waals surface area contributed by atoms with Crippen LogP contribution in [0.2, 0.25) is 5.02 Å². The lowest BCUT2D eigenvalue weighted by molar-refractivity contribution is -0.137. The number of carbonyl (C=O) groups is 3. The van der Waals surface area contributed by atoms with E-state index in [1.807, 2.05) is 17.9 Å². The molecule has 0 saturated heterocycles. The maximum Gasteiger partial charge on any atom is 0.305 e. The van der Waals surface area contributed by atoms with Crippen LogP contribution in [0.5, 0.6) is 5.75 Å². The molecular weight excluding hydrogens is 418 g/mol. The number of hydrogen-bond donors (Lipinski definition) is 1. The zero-order chi connectivity index (χ0) is 22.1. The zero-order valence-electron chi connectivity index (χ0n) is 17.6. The van der Waals surface area contributed by atoms with E-state index in [2.05, 4.69) is 0 Å². The minimum atomic E-state index is -0.894. The number of nitrogens with zero attached hydrogens (tertiary/aromatic N) is 1. The predicted molar refractivity (Wildman–Crippen MR) is 116 cm³/mol. The van der Waals surface area contributed by atoms with Gasteiger partial charge in [-0.05, 0) is 50.3 Å². The lowest BCUT2D eigenvalue weighted by Gasteiger charge is -2.44. The molecule has 6 nitrogen and oxygen atoms in total. The Hall–Kier alpha value is -2.60. The standard InChI is InChI=1S/C24H26ClNO5/c1-2-31-20-10-9-14(13-15(20)25)22-23-16(5-3-7-18(23)27)26(12-11-21(29)30)17-6-4-8-19(28)24(17)22/h9-10,13,22H,2-8,11-12H2,1H3,(H,29,30). The van der Waals surface area contributed by atoms with Crippen molar-refractivity contribution in [3.05, 3.63) is 51.3 Å². The summed E-state index contributed by atoms with van der Waals surface area (Å²) in [6, 6.07) is 5.47. The number of aliphatic carboxylic acids is 1. The lowest BCUT2D eigenvalue weighted by Crippen LogP contribution is -2.39. The minimum Gasteiger partial charge on any atom is -0.492 e. The fourth-order valence-electron chi connectivity index (χ4n) is 5.00. The molecule has 2 aliphatic carbocycles. The third kappa shape index (κ3) is 4.01. The highest BCUT2D eigenvalue weighted by Gasteiger charge is 2.43. The second-order valence-corrected chi connectivity index (χ2v) is 8.53. The molecule has 0 atom stereocenters. The van der Waals surface area contributed by atoms with Crippen molar-refractivity contribution in [3.63, 3.8) is 0 Å². The summed E-state index contributed by atoms with van der Waals surface area (Å²) < 4.78 is 5.55. The molecule has 1 aromatic carbocycles. The highest BCUT2D eigenvalue weighted by molar-refractivity contribution is 6.32. The molecule has 0 fully saturated rings. The monoisotopic (exact) mass is 443 g/mol. The molecule has 0 bridgehead atoms. The van der Waals surface area contributed by atoms with Crippen LogP contribution >= 0.6 is 11.6 Å². The Labute approximate surface area is 186 Å². The van der Waals surface area contributed by atoms with Gasteiger partial charge in [0.2, 0.25) is 0 Å². The molecule has 0 radical (unpaired) electrons. The first-order chi connectivity index (χ1) is 14.9. The Kier molecular flexibility index (Phi) is 6.19. The van der Waals surface area contributed by atoms with Crippen molar-refractivity contribution in [1.29, 1.82) is 0 Å². The van der Waals surface area contributed by atoms with E-state index >= 15 is 0 Å². The molecule has 1 aliphatic heterocycles. The second-order valence-electron chi connectivity index (χ2n) is 8.13. The Morgan fingerprint density at radius 1 is 1.10 bits per heavy atom. The first-order valence-electron chi connectivity index (χ1n) is 10.9. The van der Waals surface area contributed by atoms with Gasteiger partial charge < -0.3 is 14.7 Å². The Bertz CT molecular complexity index is 965. The van der Waals surface area contributed by atoms with E-state index in [-0.39, 0.29) is 24.5 Å². The van der Waals surface area contributed by atoms with Crippen molar-refractivity contribution in [2.24, 2.45) is 0 Å². The van der Waals surface area contributed by atoms with E-state index in [4.69, 9.17) is 16.3 Å². The molecule has 1 N–H and O–H groups in total. The Morgan fingerprint density at radius 3 is 2.23 bits per heavy atom. The molecule has 0 unspecified atom stereocenters. The minimum absolute atomic E-state index is 0.0292. The van der Waals surface area contributed by atoms with E-state index in [1.54, 1.807) is 12.1 Å². The number of carboxylic acid groups (broad SMARTS) is 1. The quantitative estimate of drug-likeness (QED) is 0.690. The number of ether oxygens (including phenoxy) is 1. The van der Waals surface area contributed by atoms with Crippen LogP contribution in [0.15, 0.2) is 40.7 Å². The van der Waals surface area contributed by atoms with Crippen molar-refractivity contribution < 1.29 is 24.2 Å². The summed E-state index contributed by atoms with van der Waals surface area (Å²) in [5.41, 5.74) is 3.82. The van der Waals surface area contributed by atoms with Crippen molar-refractivity contribution in [2.75, 3.05) is 13.2 Å². The highest BCUT2D eigenvalue weighted by Crippen LogP contribution is 2.49. The maximum absolute atomic E-state index is 13.1. The van der Waals surface area contributed by atoms with E-state index in [0.29, 0.717) is 54.2 Å².